The number of nitrogens with zero attached hydrogens (tertiary/aromatic N) is 2. The highest BCUT2D eigenvalue weighted by molar-refractivity contribution is 5.92. The number of nitro groups is 1. The summed E-state index contributed by atoms with van der Waals surface area (Å²) in [7, 11) is 1.21. The van der Waals surface area contributed by atoms with E-state index in [1.54, 1.807) is 0 Å². The molecule has 23 heavy (non-hydrogen) atoms. The van der Waals surface area contributed by atoms with Crippen LogP contribution in [0.5, 0.6) is 0 Å². The van der Waals surface area contributed by atoms with E-state index in [4.69, 9.17) is 15.2 Å². The van der Waals surface area contributed by atoms with Gasteiger partial charge in [0, 0.05) is 12.1 Å². The molecule has 1 aliphatic rings. The number of non-ortho nitro benzene ring substituents is 1. The standard InChI is InChI=1S/C15H13N3O5/c1-8-12(15(19)22-2)13(11(7-16)14(17)23-8)9-3-5-10(6-4-9)18(20)21/h3-6,13H,17H2,1-2H3/t13-/m1/s1. The average molecular weight is 315 g/mol. The van der Waals surface area contributed by atoms with Crippen LogP contribution in [0, 0.1) is 21.4 Å². The minimum Gasteiger partial charge on any atom is -0.466 e. The molecular formula is C15H13N3O5. The van der Waals surface area contributed by atoms with E-state index in [1.165, 1.54) is 38.3 Å². The van der Waals surface area contributed by atoms with Gasteiger partial charge in [-0.3, -0.25) is 10.1 Å². The van der Waals surface area contributed by atoms with Gasteiger partial charge in [-0.25, -0.2) is 4.79 Å². The maximum absolute atomic E-state index is 12.1. The van der Waals surface area contributed by atoms with E-state index in [0.29, 0.717) is 5.56 Å². The van der Waals surface area contributed by atoms with Crippen molar-refractivity contribution in [3.05, 3.63) is 62.7 Å². The van der Waals surface area contributed by atoms with Gasteiger partial charge in [-0.1, -0.05) is 12.1 Å². The van der Waals surface area contributed by atoms with E-state index in [0.717, 1.165) is 0 Å². The van der Waals surface area contributed by atoms with Crippen molar-refractivity contribution in [3.63, 3.8) is 0 Å². The van der Waals surface area contributed by atoms with Gasteiger partial charge in [0.25, 0.3) is 5.69 Å². The van der Waals surface area contributed by atoms with Gasteiger partial charge in [0.15, 0.2) is 0 Å². The van der Waals surface area contributed by atoms with Gasteiger partial charge in [-0.15, -0.1) is 0 Å². The molecule has 0 saturated heterocycles. The minimum absolute atomic E-state index is 0.0462. The molecular weight excluding hydrogens is 302 g/mol. The number of allylic oxidation sites excluding steroid dienone is 2. The highest BCUT2D eigenvalue weighted by Gasteiger charge is 2.36. The van der Waals surface area contributed by atoms with Crippen LogP contribution in [0.4, 0.5) is 5.69 Å². The largest absolute Gasteiger partial charge is 0.466 e. The Morgan fingerprint density at radius 2 is 2.04 bits per heavy atom. The van der Waals surface area contributed by atoms with E-state index >= 15 is 0 Å². The Labute approximate surface area is 131 Å². The van der Waals surface area contributed by atoms with Gasteiger partial charge in [-0.2, -0.15) is 5.26 Å². The van der Waals surface area contributed by atoms with Crippen molar-refractivity contribution in [2.24, 2.45) is 5.73 Å². The summed E-state index contributed by atoms with van der Waals surface area (Å²) < 4.78 is 9.99. The van der Waals surface area contributed by atoms with Crippen LogP contribution in [0.3, 0.4) is 0 Å². The van der Waals surface area contributed by atoms with Crippen molar-refractivity contribution in [3.8, 4) is 6.07 Å². The third-order valence-electron chi connectivity index (χ3n) is 3.45. The maximum atomic E-state index is 12.1. The monoisotopic (exact) mass is 315 g/mol. The highest BCUT2D eigenvalue weighted by atomic mass is 16.6. The zero-order valence-electron chi connectivity index (χ0n) is 12.4. The van der Waals surface area contributed by atoms with E-state index in [1.807, 2.05) is 6.07 Å². The molecule has 0 spiro atoms. The van der Waals surface area contributed by atoms with Crippen LogP contribution in [0.15, 0.2) is 47.1 Å². The molecule has 0 radical (unpaired) electrons. The quantitative estimate of drug-likeness (QED) is 0.512. The lowest BCUT2D eigenvalue weighted by molar-refractivity contribution is -0.384. The Kier molecular flexibility index (Phi) is 4.32. The predicted molar refractivity (Wildman–Crippen MR) is 78.5 cm³/mol. The minimum atomic E-state index is -0.804. The van der Waals surface area contributed by atoms with Crippen LogP contribution >= 0.6 is 0 Å². The Bertz CT molecular complexity index is 771. The number of methoxy groups -OCH3 is 1. The second-order valence-corrected chi connectivity index (χ2v) is 4.73. The van der Waals surface area contributed by atoms with E-state index in [-0.39, 0.29) is 28.5 Å². The predicted octanol–water partition coefficient (Wildman–Crippen LogP) is 1.85. The molecule has 0 aromatic heterocycles. The fraction of sp³-hybridized carbons (Fsp3) is 0.200. The molecule has 1 aromatic carbocycles. The van der Waals surface area contributed by atoms with E-state index in [2.05, 4.69) is 0 Å². The Hall–Kier alpha value is -3.34. The molecule has 0 fully saturated rings. The molecule has 2 N–H and O–H groups in total. The number of hydrogen-bond donors (Lipinski definition) is 1. The second kappa shape index (κ2) is 6.19. The molecule has 8 heteroatoms. The number of carbonyl (C=O) groups excluding carboxylic acids is 1. The molecule has 0 amide bonds. The number of nitrogens with two attached hydrogens (primary N) is 1. The van der Waals surface area contributed by atoms with Crippen molar-refractivity contribution in [2.45, 2.75) is 12.8 Å². The summed E-state index contributed by atoms with van der Waals surface area (Å²) in [6.45, 7) is 1.53. The first-order valence-electron chi connectivity index (χ1n) is 6.51. The van der Waals surface area contributed by atoms with Crippen LogP contribution < -0.4 is 5.73 Å². The fourth-order valence-corrected chi connectivity index (χ4v) is 2.38. The average Bonchev–Trinajstić information content (AvgIpc) is 2.53. The first-order chi connectivity index (χ1) is 10.9. The number of hydrogen-bond acceptors (Lipinski definition) is 7. The van der Waals surface area contributed by atoms with Crippen LogP contribution in [-0.2, 0) is 14.3 Å². The first-order valence-corrected chi connectivity index (χ1v) is 6.51. The van der Waals surface area contributed by atoms with Crippen molar-refractivity contribution >= 4 is 11.7 Å². The van der Waals surface area contributed by atoms with Crippen molar-refractivity contribution < 1.29 is 19.2 Å². The molecule has 0 unspecified atom stereocenters. The van der Waals surface area contributed by atoms with Gasteiger partial charge < -0.3 is 15.2 Å². The van der Waals surface area contributed by atoms with Crippen LogP contribution in [0.25, 0.3) is 0 Å². The summed E-state index contributed by atoms with van der Waals surface area (Å²) in [5.41, 5.74) is 6.31. The van der Waals surface area contributed by atoms with Crippen LogP contribution in [0.2, 0.25) is 0 Å². The van der Waals surface area contributed by atoms with Crippen molar-refractivity contribution in [1.29, 1.82) is 5.26 Å². The highest BCUT2D eigenvalue weighted by Crippen LogP contribution is 2.39. The molecule has 0 saturated carbocycles. The molecule has 8 nitrogen and oxygen atoms in total. The number of esters is 1. The topological polar surface area (TPSA) is 128 Å². The summed E-state index contributed by atoms with van der Waals surface area (Å²) in [6.07, 6.45) is 0. The van der Waals surface area contributed by atoms with E-state index in [9.17, 15) is 20.2 Å². The second-order valence-electron chi connectivity index (χ2n) is 4.73. The molecule has 2 rings (SSSR count). The lowest BCUT2D eigenvalue weighted by Crippen LogP contribution is -2.25. The lowest BCUT2D eigenvalue weighted by Gasteiger charge is -2.26. The number of nitriles is 1. The molecule has 1 heterocycles. The number of benzene rings is 1. The molecule has 118 valence electrons. The Balaban J connectivity index is 2.60. The zero-order chi connectivity index (χ0) is 17.1. The maximum Gasteiger partial charge on any atom is 0.338 e. The van der Waals surface area contributed by atoms with Gasteiger partial charge >= 0.3 is 5.97 Å². The van der Waals surface area contributed by atoms with Gasteiger partial charge in [0.05, 0.1) is 23.5 Å². The normalized spacial score (nSPS) is 17.3. The number of ether oxygens (including phenoxy) is 2. The fourth-order valence-electron chi connectivity index (χ4n) is 2.38. The Morgan fingerprint density at radius 3 is 2.52 bits per heavy atom. The summed E-state index contributed by atoms with van der Waals surface area (Å²) in [5.74, 6) is -1.36. The third kappa shape index (κ3) is 2.85. The molecule has 1 atom stereocenters. The first kappa shape index (κ1) is 16.0. The van der Waals surface area contributed by atoms with Crippen molar-refractivity contribution in [1.82, 2.24) is 0 Å². The number of nitro benzene ring substituents is 1. The summed E-state index contributed by atoms with van der Waals surface area (Å²) in [4.78, 5) is 22.3. The van der Waals surface area contributed by atoms with Gasteiger partial charge in [-0.05, 0) is 12.5 Å². The summed E-state index contributed by atoms with van der Waals surface area (Å²) in [6, 6.07) is 7.44. The van der Waals surface area contributed by atoms with Gasteiger partial charge in [0.1, 0.15) is 17.4 Å². The number of rotatable bonds is 3. The summed E-state index contributed by atoms with van der Waals surface area (Å²) in [5, 5.41) is 20.1. The van der Waals surface area contributed by atoms with Crippen LogP contribution in [-0.4, -0.2) is 18.0 Å². The summed E-state index contributed by atoms with van der Waals surface area (Å²) >= 11 is 0. The smallest absolute Gasteiger partial charge is 0.338 e. The molecule has 1 aliphatic heterocycles. The number of carbonyl (C=O) groups is 1. The van der Waals surface area contributed by atoms with Crippen LogP contribution in [0.1, 0.15) is 18.4 Å². The molecule has 0 bridgehead atoms. The third-order valence-corrected chi connectivity index (χ3v) is 3.45. The zero-order valence-corrected chi connectivity index (χ0v) is 12.4. The molecule has 0 aliphatic carbocycles. The Morgan fingerprint density at radius 1 is 1.43 bits per heavy atom. The van der Waals surface area contributed by atoms with Crippen molar-refractivity contribution in [2.75, 3.05) is 7.11 Å². The lowest BCUT2D eigenvalue weighted by atomic mass is 9.83. The van der Waals surface area contributed by atoms with E-state index < -0.39 is 16.8 Å². The SMILES string of the molecule is COC(=O)C1=C(C)OC(N)=C(C#N)[C@H]1c1ccc([N+](=O)[O-])cc1. The van der Waals surface area contributed by atoms with Gasteiger partial charge in [0.2, 0.25) is 5.88 Å². The molecule has 1 aromatic rings.